The average molecular weight is 501 g/mol. The molecule has 1 aliphatic heterocycles. The molecule has 3 aromatic rings. The Morgan fingerprint density at radius 3 is 2.82 bits per heavy atom. The Balaban J connectivity index is 1.55. The number of carbonyl (C=O) groups excluding carboxylic acids is 3. The summed E-state index contributed by atoms with van der Waals surface area (Å²) in [5, 5.41) is 17.3. The van der Waals surface area contributed by atoms with Gasteiger partial charge in [-0.2, -0.15) is 0 Å². The highest BCUT2D eigenvalue weighted by molar-refractivity contribution is 7.99. The van der Waals surface area contributed by atoms with Gasteiger partial charge in [-0.1, -0.05) is 35.5 Å². The highest BCUT2D eigenvalue weighted by atomic mass is 35.5. The van der Waals surface area contributed by atoms with Crippen molar-refractivity contribution in [1.82, 2.24) is 25.4 Å². The summed E-state index contributed by atoms with van der Waals surface area (Å²) in [4.78, 5) is 36.0. The molecule has 1 aliphatic rings. The second-order valence-electron chi connectivity index (χ2n) is 7.41. The van der Waals surface area contributed by atoms with Gasteiger partial charge in [-0.25, -0.2) is 4.79 Å². The lowest BCUT2D eigenvalue weighted by molar-refractivity contribution is -0.121. The molecule has 12 heteroatoms. The normalized spacial score (nSPS) is 15.4. The molecular weight excluding hydrogens is 480 g/mol. The lowest BCUT2D eigenvalue weighted by Gasteiger charge is -2.23. The Morgan fingerprint density at radius 1 is 1.24 bits per heavy atom. The zero-order valence-corrected chi connectivity index (χ0v) is 19.7. The molecule has 1 saturated heterocycles. The van der Waals surface area contributed by atoms with Crippen molar-refractivity contribution in [3.05, 3.63) is 59.4 Å². The molecule has 10 nitrogen and oxygen atoms in total. The number of nitrogens with zero attached hydrogens (tertiary/aromatic N) is 3. The van der Waals surface area contributed by atoms with Gasteiger partial charge in [0.25, 0.3) is 0 Å². The molecule has 1 atom stereocenters. The largest absolute Gasteiger partial charge is 0.497 e. The number of carbonyl (C=O) groups is 3. The Morgan fingerprint density at radius 2 is 2.06 bits per heavy atom. The van der Waals surface area contributed by atoms with Gasteiger partial charge in [0.1, 0.15) is 11.6 Å². The SMILES string of the molecule is COc1cccc(-n2c(CC3CC(=O)NC(=O)N3)nnc2SCC(=O)Nc2cccc(Cl)c2)c1. The van der Waals surface area contributed by atoms with Crippen molar-refractivity contribution < 1.29 is 19.1 Å². The van der Waals surface area contributed by atoms with Crippen LogP contribution >= 0.6 is 23.4 Å². The van der Waals surface area contributed by atoms with E-state index in [4.69, 9.17) is 16.3 Å². The van der Waals surface area contributed by atoms with E-state index in [-0.39, 0.29) is 30.4 Å². The van der Waals surface area contributed by atoms with Crippen LogP contribution in [0.25, 0.3) is 5.69 Å². The van der Waals surface area contributed by atoms with Gasteiger partial charge < -0.3 is 15.4 Å². The van der Waals surface area contributed by atoms with Crippen molar-refractivity contribution in [2.24, 2.45) is 0 Å². The summed E-state index contributed by atoms with van der Waals surface area (Å²) < 4.78 is 7.13. The average Bonchev–Trinajstić information content (AvgIpc) is 3.19. The zero-order valence-electron chi connectivity index (χ0n) is 18.1. The second kappa shape index (κ2) is 10.6. The maximum atomic E-state index is 12.5. The Labute approximate surface area is 204 Å². The topological polar surface area (TPSA) is 127 Å². The second-order valence-corrected chi connectivity index (χ2v) is 8.79. The fourth-order valence-corrected chi connectivity index (χ4v) is 4.41. The van der Waals surface area contributed by atoms with Crippen LogP contribution in [0.4, 0.5) is 10.5 Å². The van der Waals surface area contributed by atoms with E-state index in [0.29, 0.717) is 27.4 Å². The van der Waals surface area contributed by atoms with E-state index in [1.54, 1.807) is 35.9 Å². The Kier molecular flexibility index (Phi) is 7.33. The van der Waals surface area contributed by atoms with Crippen LogP contribution in [0.2, 0.25) is 5.02 Å². The predicted octanol–water partition coefficient (Wildman–Crippen LogP) is 2.80. The standard InChI is InChI=1S/C22H21ClN6O4S/c1-33-17-7-3-6-16(11-17)29-18(9-15-10-19(30)26-21(32)25-15)27-28-22(29)34-12-20(31)24-14-5-2-4-13(23)8-14/h2-8,11,15H,9-10,12H2,1H3,(H,24,31)(H2,25,26,30,32). The third kappa shape index (κ3) is 5.86. The monoisotopic (exact) mass is 500 g/mol. The first-order chi connectivity index (χ1) is 16.4. The van der Waals surface area contributed by atoms with Gasteiger partial charge in [-0.3, -0.25) is 19.5 Å². The molecule has 176 valence electrons. The fraction of sp³-hybridized carbons (Fsp3) is 0.227. The predicted molar refractivity (Wildman–Crippen MR) is 128 cm³/mol. The third-order valence-corrected chi connectivity index (χ3v) is 6.07. The van der Waals surface area contributed by atoms with Crippen molar-refractivity contribution in [2.45, 2.75) is 24.0 Å². The highest BCUT2D eigenvalue weighted by Crippen LogP contribution is 2.26. The van der Waals surface area contributed by atoms with Gasteiger partial charge in [0.2, 0.25) is 11.8 Å². The van der Waals surface area contributed by atoms with E-state index in [9.17, 15) is 14.4 Å². The summed E-state index contributed by atoms with van der Waals surface area (Å²) in [6.07, 6.45) is 0.403. The minimum absolute atomic E-state index is 0.0805. The summed E-state index contributed by atoms with van der Waals surface area (Å²) in [6.45, 7) is 0. The number of amides is 4. The van der Waals surface area contributed by atoms with Gasteiger partial charge >= 0.3 is 6.03 Å². The first-order valence-electron chi connectivity index (χ1n) is 10.3. The number of imide groups is 1. The summed E-state index contributed by atoms with van der Waals surface area (Å²) in [6, 6.07) is 13.2. The van der Waals surface area contributed by atoms with E-state index in [2.05, 4.69) is 26.1 Å². The van der Waals surface area contributed by atoms with Crippen LogP contribution in [0.3, 0.4) is 0 Å². The zero-order chi connectivity index (χ0) is 24.1. The number of halogens is 1. The number of hydrogen-bond acceptors (Lipinski definition) is 7. The van der Waals surface area contributed by atoms with Crippen LogP contribution in [0.5, 0.6) is 5.75 Å². The molecule has 2 heterocycles. The van der Waals surface area contributed by atoms with Crippen LogP contribution in [0.1, 0.15) is 12.2 Å². The van der Waals surface area contributed by atoms with Crippen LogP contribution in [0, 0.1) is 0 Å². The molecule has 2 aromatic carbocycles. The van der Waals surface area contributed by atoms with Crippen molar-refractivity contribution in [3.63, 3.8) is 0 Å². The molecule has 0 bridgehead atoms. The molecule has 1 aromatic heterocycles. The molecule has 0 spiro atoms. The van der Waals surface area contributed by atoms with E-state index < -0.39 is 12.1 Å². The number of ether oxygens (including phenoxy) is 1. The quantitative estimate of drug-likeness (QED) is 0.406. The van der Waals surface area contributed by atoms with E-state index >= 15 is 0 Å². The summed E-state index contributed by atoms with van der Waals surface area (Å²) in [7, 11) is 1.57. The van der Waals surface area contributed by atoms with E-state index in [1.165, 1.54) is 11.8 Å². The fourth-order valence-electron chi connectivity index (χ4n) is 3.45. The maximum Gasteiger partial charge on any atom is 0.321 e. The highest BCUT2D eigenvalue weighted by Gasteiger charge is 2.27. The molecule has 4 rings (SSSR count). The number of rotatable bonds is 8. The van der Waals surface area contributed by atoms with E-state index in [1.807, 2.05) is 24.3 Å². The number of aromatic nitrogens is 3. The lowest BCUT2D eigenvalue weighted by atomic mass is 10.1. The lowest BCUT2D eigenvalue weighted by Crippen LogP contribution is -2.53. The minimum Gasteiger partial charge on any atom is -0.497 e. The summed E-state index contributed by atoms with van der Waals surface area (Å²) in [5.74, 6) is 0.666. The van der Waals surface area contributed by atoms with Crippen LogP contribution in [-0.4, -0.2) is 51.5 Å². The number of anilines is 1. The molecule has 4 amide bonds. The summed E-state index contributed by atoms with van der Waals surface area (Å²) >= 11 is 7.18. The first-order valence-corrected chi connectivity index (χ1v) is 11.6. The van der Waals surface area contributed by atoms with Gasteiger partial charge in [0, 0.05) is 35.7 Å². The molecule has 1 unspecified atom stereocenters. The Bertz CT molecular complexity index is 1220. The molecule has 34 heavy (non-hydrogen) atoms. The van der Waals surface area contributed by atoms with Gasteiger partial charge in [-0.15, -0.1) is 10.2 Å². The summed E-state index contributed by atoms with van der Waals surface area (Å²) in [5.41, 5.74) is 1.32. The van der Waals surface area contributed by atoms with Crippen LogP contribution in [-0.2, 0) is 16.0 Å². The van der Waals surface area contributed by atoms with E-state index in [0.717, 1.165) is 5.69 Å². The smallest absolute Gasteiger partial charge is 0.321 e. The first kappa shape index (κ1) is 23.6. The number of thioether (sulfide) groups is 1. The molecule has 0 radical (unpaired) electrons. The minimum atomic E-state index is -0.541. The molecular formula is C22H21ClN6O4S. The van der Waals surface area contributed by atoms with Crippen molar-refractivity contribution >= 4 is 46.9 Å². The Hall–Kier alpha value is -3.57. The third-order valence-electron chi connectivity index (χ3n) is 4.90. The van der Waals surface area contributed by atoms with Gasteiger partial charge in [0.05, 0.1) is 18.6 Å². The van der Waals surface area contributed by atoms with Crippen LogP contribution in [0.15, 0.2) is 53.7 Å². The van der Waals surface area contributed by atoms with Crippen molar-refractivity contribution in [2.75, 3.05) is 18.2 Å². The molecule has 1 fully saturated rings. The molecule has 3 N–H and O–H groups in total. The number of urea groups is 1. The number of methoxy groups -OCH3 is 1. The van der Waals surface area contributed by atoms with Crippen molar-refractivity contribution in [1.29, 1.82) is 0 Å². The van der Waals surface area contributed by atoms with Gasteiger partial charge in [0.15, 0.2) is 5.16 Å². The maximum absolute atomic E-state index is 12.5. The number of hydrogen-bond donors (Lipinski definition) is 3. The number of benzene rings is 2. The molecule has 0 aliphatic carbocycles. The van der Waals surface area contributed by atoms with Gasteiger partial charge in [-0.05, 0) is 30.3 Å². The van der Waals surface area contributed by atoms with Crippen molar-refractivity contribution in [3.8, 4) is 11.4 Å². The number of nitrogens with one attached hydrogen (secondary N) is 3. The van der Waals surface area contributed by atoms with Crippen LogP contribution < -0.4 is 20.7 Å². The molecule has 0 saturated carbocycles.